The number of benzene rings is 2. The van der Waals surface area contributed by atoms with Crippen molar-refractivity contribution in [1.29, 1.82) is 0 Å². The number of thiazole rings is 1. The molecular weight excluding hydrogens is 370 g/mol. The molecule has 5 nitrogen and oxygen atoms in total. The zero-order valence-electron chi connectivity index (χ0n) is 16.7. The molecule has 1 aromatic heterocycles. The SMILES string of the molecule is COc1ccc(C)cc1C[NH+](C)Cc1csc(N(C(C)=O)c2ccccc2)n1. The average Bonchev–Trinajstić information content (AvgIpc) is 3.10. The molecule has 0 saturated heterocycles. The number of carbonyl (C=O) groups excluding carboxylic acids is 1. The fourth-order valence-electron chi connectivity index (χ4n) is 3.23. The number of para-hydroxylation sites is 1. The van der Waals surface area contributed by atoms with Crippen molar-refractivity contribution in [3.8, 4) is 5.75 Å². The molecule has 1 heterocycles. The summed E-state index contributed by atoms with van der Waals surface area (Å²) < 4.78 is 5.49. The lowest BCUT2D eigenvalue weighted by Gasteiger charge is -2.18. The number of quaternary nitrogens is 1. The van der Waals surface area contributed by atoms with Gasteiger partial charge in [0.15, 0.2) is 5.13 Å². The molecule has 0 aliphatic carbocycles. The Morgan fingerprint density at radius 1 is 1.18 bits per heavy atom. The second-order valence-electron chi connectivity index (χ2n) is 6.94. The van der Waals surface area contributed by atoms with Gasteiger partial charge in [-0.2, -0.15) is 0 Å². The zero-order valence-corrected chi connectivity index (χ0v) is 17.5. The molecule has 0 saturated carbocycles. The Hall–Kier alpha value is -2.70. The van der Waals surface area contributed by atoms with Crippen LogP contribution in [0.2, 0.25) is 0 Å². The molecule has 0 aliphatic rings. The molecule has 3 aromatic rings. The summed E-state index contributed by atoms with van der Waals surface area (Å²) in [6.07, 6.45) is 0. The summed E-state index contributed by atoms with van der Waals surface area (Å²) >= 11 is 1.50. The van der Waals surface area contributed by atoms with Crippen LogP contribution in [0.4, 0.5) is 10.8 Å². The summed E-state index contributed by atoms with van der Waals surface area (Å²) in [7, 11) is 3.84. The molecule has 2 aromatic carbocycles. The fourth-order valence-corrected chi connectivity index (χ4v) is 4.11. The molecule has 28 heavy (non-hydrogen) atoms. The molecule has 3 rings (SSSR count). The van der Waals surface area contributed by atoms with Crippen LogP contribution in [0.1, 0.15) is 23.7 Å². The van der Waals surface area contributed by atoms with E-state index in [2.05, 4.69) is 26.1 Å². The molecule has 6 heteroatoms. The van der Waals surface area contributed by atoms with E-state index in [4.69, 9.17) is 9.72 Å². The Morgan fingerprint density at radius 2 is 1.93 bits per heavy atom. The van der Waals surface area contributed by atoms with Crippen molar-refractivity contribution >= 4 is 28.1 Å². The van der Waals surface area contributed by atoms with E-state index < -0.39 is 0 Å². The Labute approximate surface area is 170 Å². The number of ether oxygens (including phenoxy) is 1. The third-order valence-electron chi connectivity index (χ3n) is 4.47. The van der Waals surface area contributed by atoms with Crippen LogP contribution in [0.15, 0.2) is 53.9 Å². The van der Waals surface area contributed by atoms with Crippen molar-refractivity contribution in [2.75, 3.05) is 19.1 Å². The normalized spacial score (nSPS) is 11.9. The van der Waals surface area contributed by atoms with Gasteiger partial charge in [0.05, 0.1) is 19.8 Å². The summed E-state index contributed by atoms with van der Waals surface area (Å²) in [6.45, 7) is 5.27. The molecule has 1 atom stereocenters. The van der Waals surface area contributed by atoms with Gasteiger partial charge in [0.1, 0.15) is 24.5 Å². The summed E-state index contributed by atoms with van der Waals surface area (Å²) in [5.41, 5.74) is 4.22. The van der Waals surface area contributed by atoms with Crippen LogP contribution < -0.4 is 14.5 Å². The minimum absolute atomic E-state index is 0.0442. The summed E-state index contributed by atoms with van der Waals surface area (Å²) in [5, 5.41) is 2.74. The van der Waals surface area contributed by atoms with Gasteiger partial charge in [-0.05, 0) is 31.2 Å². The van der Waals surface area contributed by atoms with Crippen LogP contribution in [-0.2, 0) is 17.9 Å². The van der Waals surface area contributed by atoms with E-state index in [1.54, 1.807) is 18.9 Å². The van der Waals surface area contributed by atoms with E-state index >= 15 is 0 Å². The first-order chi connectivity index (χ1) is 13.5. The van der Waals surface area contributed by atoms with Crippen LogP contribution in [-0.4, -0.2) is 25.0 Å². The molecule has 1 amide bonds. The van der Waals surface area contributed by atoms with E-state index in [1.807, 2.05) is 41.8 Å². The van der Waals surface area contributed by atoms with Crippen LogP contribution in [0.25, 0.3) is 0 Å². The lowest BCUT2D eigenvalue weighted by molar-refractivity contribution is -0.908. The van der Waals surface area contributed by atoms with E-state index in [9.17, 15) is 4.79 Å². The molecule has 0 fully saturated rings. The van der Waals surface area contributed by atoms with Crippen molar-refractivity contribution in [1.82, 2.24) is 4.98 Å². The maximum absolute atomic E-state index is 12.2. The predicted octanol–water partition coefficient (Wildman–Crippen LogP) is 3.36. The number of aryl methyl sites for hydroxylation is 1. The predicted molar refractivity (Wildman–Crippen MR) is 113 cm³/mol. The van der Waals surface area contributed by atoms with Gasteiger partial charge < -0.3 is 9.64 Å². The number of aromatic nitrogens is 1. The quantitative estimate of drug-likeness (QED) is 0.666. The Kier molecular flexibility index (Phi) is 6.44. The third-order valence-corrected chi connectivity index (χ3v) is 5.35. The topological polar surface area (TPSA) is 46.9 Å². The van der Waals surface area contributed by atoms with Crippen LogP contribution in [0, 0.1) is 6.92 Å². The minimum Gasteiger partial charge on any atom is -0.496 e. The third kappa shape index (κ3) is 4.77. The maximum atomic E-state index is 12.2. The highest BCUT2D eigenvalue weighted by atomic mass is 32.1. The van der Waals surface area contributed by atoms with Crippen LogP contribution in [0.3, 0.4) is 0 Å². The van der Waals surface area contributed by atoms with Gasteiger partial charge in [-0.15, -0.1) is 11.3 Å². The Bertz CT molecular complexity index is 940. The molecule has 0 bridgehead atoms. The van der Waals surface area contributed by atoms with E-state index in [1.165, 1.54) is 27.4 Å². The number of hydrogen-bond acceptors (Lipinski definition) is 4. The lowest BCUT2D eigenvalue weighted by atomic mass is 10.1. The summed E-state index contributed by atoms with van der Waals surface area (Å²) in [6, 6.07) is 15.9. The van der Waals surface area contributed by atoms with E-state index in [0.717, 1.165) is 30.2 Å². The number of nitrogens with zero attached hydrogens (tertiary/aromatic N) is 2. The standard InChI is InChI=1S/C22H25N3O2S/c1-16-10-11-21(27-4)18(12-16)13-24(3)14-19-15-28-22(23-19)25(17(2)26)20-8-6-5-7-9-20/h5-12,15H,13-14H2,1-4H3/p+1. The number of methoxy groups -OCH3 is 1. The highest BCUT2D eigenvalue weighted by molar-refractivity contribution is 7.14. The summed E-state index contributed by atoms with van der Waals surface area (Å²) in [4.78, 5) is 19.9. The molecule has 0 radical (unpaired) electrons. The van der Waals surface area contributed by atoms with Crippen molar-refractivity contribution in [3.63, 3.8) is 0 Å². The largest absolute Gasteiger partial charge is 0.496 e. The first-order valence-electron chi connectivity index (χ1n) is 9.23. The molecule has 0 spiro atoms. The van der Waals surface area contributed by atoms with Gasteiger partial charge in [0.2, 0.25) is 5.91 Å². The van der Waals surface area contributed by atoms with Crippen molar-refractivity contribution in [2.45, 2.75) is 26.9 Å². The number of amides is 1. The van der Waals surface area contributed by atoms with Gasteiger partial charge >= 0.3 is 0 Å². The van der Waals surface area contributed by atoms with Crippen LogP contribution >= 0.6 is 11.3 Å². The number of anilines is 2. The van der Waals surface area contributed by atoms with Crippen LogP contribution in [0.5, 0.6) is 5.75 Å². The smallest absolute Gasteiger partial charge is 0.230 e. The highest BCUT2D eigenvalue weighted by Gasteiger charge is 2.19. The molecule has 1 unspecified atom stereocenters. The summed E-state index contributed by atoms with van der Waals surface area (Å²) in [5.74, 6) is 0.869. The average molecular weight is 397 g/mol. The van der Waals surface area contributed by atoms with Gasteiger partial charge in [-0.3, -0.25) is 9.69 Å². The van der Waals surface area contributed by atoms with Gasteiger partial charge in [0, 0.05) is 17.9 Å². The first kappa shape index (κ1) is 20.0. The minimum atomic E-state index is -0.0442. The highest BCUT2D eigenvalue weighted by Crippen LogP contribution is 2.28. The maximum Gasteiger partial charge on any atom is 0.230 e. The number of hydrogen-bond donors (Lipinski definition) is 1. The zero-order chi connectivity index (χ0) is 20.1. The molecule has 1 N–H and O–H groups in total. The first-order valence-corrected chi connectivity index (χ1v) is 10.1. The fraction of sp³-hybridized carbons (Fsp3) is 0.273. The molecular formula is C22H26N3O2S+. The van der Waals surface area contributed by atoms with E-state index in [-0.39, 0.29) is 5.91 Å². The number of carbonyl (C=O) groups is 1. The number of rotatable bonds is 7. The molecule has 0 aliphatic heterocycles. The Balaban J connectivity index is 1.73. The molecule has 146 valence electrons. The monoisotopic (exact) mass is 396 g/mol. The second kappa shape index (κ2) is 8.99. The van der Waals surface area contributed by atoms with Crippen molar-refractivity contribution < 1.29 is 14.4 Å². The van der Waals surface area contributed by atoms with Gasteiger partial charge in [-0.25, -0.2) is 4.98 Å². The van der Waals surface area contributed by atoms with Gasteiger partial charge in [0.25, 0.3) is 0 Å². The van der Waals surface area contributed by atoms with Gasteiger partial charge in [-0.1, -0.05) is 29.8 Å². The lowest BCUT2D eigenvalue weighted by Crippen LogP contribution is -3.06. The van der Waals surface area contributed by atoms with E-state index in [0.29, 0.717) is 5.13 Å². The second-order valence-corrected chi connectivity index (χ2v) is 7.77. The van der Waals surface area contributed by atoms with Crippen molar-refractivity contribution in [2.24, 2.45) is 0 Å². The van der Waals surface area contributed by atoms with Crippen molar-refractivity contribution in [3.05, 3.63) is 70.7 Å². The number of nitrogens with one attached hydrogen (secondary N) is 1. The Morgan fingerprint density at radius 3 is 2.61 bits per heavy atom.